The van der Waals surface area contributed by atoms with Crippen LogP contribution in [0.15, 0.2) is 0 Å². The highest BCUT2D eigenvalue weighted by Gasteiger charge is 2.15. The monoisotopic (exact) mass is 212 g/mol. The van der Waals surface area contributed by atoms with E-state index in [1.54, 1.807) is 11.9 Å². The first-order chi connectivity index (χ1) is 7.04. The molecule has 1 heterocycles. The van der Waals surface area contributed by atoms with Crippen molar-refractivity contribution in [3.05, 3.63) is 0 Å². The Kier molecular flexibility index (Phi) is 3.48. The molecule has 1 atom stereocenters. The first kappa shape index (κ1) is 11.3. The van der Waals surface area contributed by atoms with Gasteiger partial charge in [-0.3, -0.25) is 4.79 Å². The molecule has 1 amide bonds. The Labute approximate surface area is 88.0 Å². The van der Waals surface area contributed by atoms with Gasteiger partial charge in [0.15, 0.2) is 0 Å². The lowest BCUT2D eigenvalue weighted by molar-refractivity contribution is -0.123. The number of aromatic nitrogens is 3. The van der Waals surface area contributed by atoms with Gasteiger partial charge in [-0.25, -0.2) is 5.10 Å². The smallest absolute Gasteiger partial charge is 0.246 e. The van der Waals surface area contributed by atoms with Crippen LogP contribution in [0.2, 0.25) is 0 Å². The third-order valence-corrected chi connectivity index (χ3v) is 2.07. The number of aromatic amines is 1. The summed E-state index contributed by atoms with van der Waals surface area (Å²) < 4.78 is 0. The third-order valence-electron chi connectivity index (χ3n) is 2.07. The van der Waals surface area contributed by atoms with Crippen LogP contribution in [-0.2, 0) is 4.79 Å². The van der Waals surface area contributed by atoms with Crippen molar-refractivity contribution in [1.82, 2.24) is 20.5 Å². The molecule has 1 aromatic heterocycles. The van der Waals surface area contributed by atoms with Crippen molar-refractivity contribution in [2.24, 2.45) is 5.92 Å². The van der Waals surface area contributed by atoms with Crippen molar-refractivity contribution in [2.75, 3.05) is 31.3 Å². The van der Waals surface area contributed by atoms with Crippen LogP contribution in [0.4, 0.5) is 11.9 Å². The molecule has 15 heavy (non-hydrogen) atoms. The molecule has 0 radical (unpaired) electrons. The Hall–Kier alpha value is -1.79. The molecule has 0 saturated heterocycles. The van der Waals surface area contributed by atoms with Crippen LogP contribution in [-0.4, -0.2) is 41.7 Å². The summed E-state index contributed by atoms with van der Waals surface area (Å²) >= 11 is 0. The zero-order valence-corrected chi connectivity index (χ0v) is 9.11. The number of carbonyl (C=O) groups excluding carboxylic acids is 1. The molecule has 0 aliphatic rings. The van der Waals surface area contributed by atoms with E-state index in [-0.39, 0.29) is 17.8 Å². The van der Waals surface area contributed by atoms with Gasteiger partial charge in [0, 0.05) is 20.6 Å². The van der Waals surface area contributed by atoms with Gasteiger partial charge in [0.2, 0.25) is 17.8 Å². The highest BCUT2D eigenvalue weighted by molar-refractivity contribution is 5.78. The van der Waals surface area contributed by atoms with Crippen LogP contribution in [0.25, 0.3) is 0 Å². The molecule has 0 aromatic carbocycles. The predicted octanol–water partition coefficient (Wildman–Crippen LogP) is -0.795. The average molecular weight is 212 g/mol. The zero-order valence-electron chi connectivity index (χ0n) is 9.11. The van der Waals surface area contributed by atoms with Gasteiger partial charge in [0.05, 0.1) is 5.92 Å². The minimum absolute atomic E-state index is 0.00893. The molecule has 0 aliphatic carbocycles. The Morgan fingerprint density at radius 2 is 2.40 bits per heavy atom. The minimum atomic E-state index is -0.125. The number of nitrogens with one attached hydrogen (secondary N) is 2. The number of H-pyrrole nitrogens is 1. The van der Waals surface area contributed by atoms with Gasteiger partial charge in [-0.1, -0.05) is 6.92 Å². The van der Waals surface area contributed by atoms with Crippen LogP contribution < -0.4 is 16.0 Å². The third kappa shape index (κ3) is 2.83. The van der Waals surface area contributed by atoms with E-state index in [1.807, 2.05) is 14.0 Å². The lowest BCUT2D eigenvalue weighted by Crippen LogP contribution is -2.34. The number of hydrogen-bond donors (Lipinski definition) is 3. The van der Waals surface area contributed by atoms with Crippen LogP contribution in [0, 0.1) is 5.92 Å². The number of hydrogen-bond acceptors (Lipinski definition) is 5. The topological polar surface area (TPSA) is 99.9 Å². The second kappa shape index (κ2) is 4.63. The van der Waals surface area contributed by atoms with E-state index in [2.05, 4.69) is 20.5 Å². The molecule has 0 fully saturated rings. The van der Waals surface area contributed by atoms with Crippen LogP contribution in [0.3, 0.4) is 0 Å². The van der Waals surface area contributed by atoms with E-state index in [0.29, 0.717) is 12.5 Å². The molecule has 0 saturated carbocycles. The van der Waals surface area contributed by atoms with Gasteiger partial charge in [0.25, 0.3) is 0 Å². The molecular weight excluding hydrogens is 196 g/mol. The van der Waals surface area contributed by atoms with Crippen molar-refractivity contribution < 1.29 is 4.79 Å². The molecule has 4 N–H and O–H groups in total. The lowest BCUT2D eigenvalue weighted by Gasteiger charge is -2.18. The molecule has 0 spiro atoms. The summed E-state index contributed by atoms with van der Waals surface area (Å²) in [7, 11) is 3.42. The summed E-state index contributed by atoms with van der Waals surface area (Å²) in [4.78, 5) is 17.0. The molecule has 84 valence electrons. The van der Waals surface area contributed by atoms with Crippen molar-refractivity contribution in [1.29, 1.82) is 0 Å². The van der Waals surface area contributed by atoms with Gasteiger partial charge in [0.1, 0.15) is 0 Å². The van der Waals surface area contributed by atoms with E-state index < -0.39 is 0 Å². The van der Waals surface area contributed by atoms with Gasteiger partial charge in [-0.2, -0.15) is 4.98 Å². The number of anilines is 2. The Morgan fingerprint density at radius 1 is 1.73 bits per heavy atom. The van der Waals surface area contributed by atoms with E-state index in [9.17, 15) is 4.79 Å². The van der Waals surface area contributed by atoms with Crippen LogP contribution in [0.5, 0.6) is 0 Å². The molecule has 1 aromatic rings. The summed E-state index contributed by atoms with van der Waals surface area (Å²) in [5.74, 6) is 0.623. The molecule has 7 nitrogen and oxygen atoms in total. The van der Waals surface area contributed by atoms with Gasteiger partial charge < -0.3 is 16.0 Å². The quantitative estimate of drug-likeness (QED) is 0.607. The maximum atomic E-state index is 11.3. The number of amides is 1. The number of carbonyl (C=O) groups is 1. The van der Waals surface area contributed by atoms with E-state index in [1.165, 1.54) is 0 Å². The summed E-state index contributed by atoms with van der Waals surface area (Å²) in [5, 5.41) is 9.02. The van der Waals surface area contributed by atoms with Crippen molar-refractivity contribution >= 4 is 17.8 Å². The fourth-order valence-corrected chi connectivity index (χ4v) is 1.26. The maximum Gasteiger partial charge on any atom is 0.246 e. The summed E-state index contributed by atoms with van der Waals surface area (Å²) in [6.07, 6.45) is 0. The summed E-state index contributed by atoms with van der Waals surface area (Å²) in [5.41, 5.74) is 5.40. The maximum absolute atomic E-state index is 11.3. The summed E-state index contributed by atoms with van der Waals surface area (Å²) in [6, 6.07) is 0. The van der Waals surface area contributed by atoms with Gasteiger partial charge in [-0.05, 0) is 0 Å². The SMILES string of the molecule is CNC(=O)C(C)CN(C)c1n[nH]c(N)n1. The van der Waals surface area contributed by atoms with E-state index in [0.717, 1.165) is 0 Å². The summed E-state index contributed by atoms with van der Waals surface area (Å²) in [6.45, 7) is 2.38. The first-order valence-corrected chi connectivity index (χ1v) is 4.65. The van der Waals surface area contributed by atoms with Crippen molar-refractivity contribution in [3.8, 4) is 0 Å². The van der Waals surface area contributed by atoms with E-state index >= 15 is 0 Å². The largest absolute Gasteiger partial charge is 0.368 e. The number of nitrogens with two attached hydrogens (primary N) is 1. The Balaban J connectivity index is 2.55. The fourth-order valence-electron chi connectivity index (χ4n) is 1.26. The highest BCUT2D eigenvalue weighted by atomic mass is 16.1. The molecule has 7 heteroatoms. The molecule has 1 rings (SSSR count). The van der Waals surface area contributed by atoms with Gasteiger partial charge >= 0.3 is 0 Å². The second-order valence-corrected chi connectivity index (χ2v) is 3.42. The molecule has 1 unspecified atom stereocenters. The van der Waals surface area contributed by atoms with Crippen LogP contribution in [0.1, 0.15) is 6.92 Å². The zero-order chi connectivity index (χ0) is 11.4. The average Bonchev–Trinajstić information content (AvgIpc) is 2.63. The normalized spacial score (nSPS) is 12.2. The Morgan fingerprint density at radius 3 is 2.87 bits per heavy atom. The highest BCUT2D eigenvalue weighted by Crippen LogP contribution is 2.08. The Bertz CT molecular complexity index is 336. The van der Waals surface area contributed by atoms with Gasteiger partial charge in [-0.15, -0.1) is 5.10 Å². The molecule has 0 aliphatic heterocycles. The van der Waals surface area contributed by atoms with E-state index in [4.69, 9.17) is 5.73 Å². The molecular formula is C8H16N6O. The van der Waals surface area contributed by atoms with Crippen molar-refractivity contribution in [2.45, 2.75) is 6.92 Å². The second-order valence-electron chi connectivity index (χ2n) is 3.42. The minimum Gasteiger partial charge on any atom is -0.368 e. The first-order valence-electron chi connectivity index (χ1n) is 4.65. The molecule has 0 bridgehead atoms. The predicted molar refractivity (Wildman–Crippen MR) is 57.3 cm³/mol. The number of rotatable bonds is 4. The van der Waals surface area contributed by atoms with Crippen LogP contribution >= 0.6 is 0 Å². The standard InChI is InChI=1S/C8H16N6O/c1-5(6(15)10-2)4-14(3)8-11-7(9)12-13-8/h5H,4H2,1-3H3,(H,10,15)(H3,9,11,12,13). The van der Waals surface area contributed by atoms with Crippen molar-refractivity contribution in [3.63, 3.8) is 0 Å². The number of nitrogen functional groups attached to an aromatic ring is 1. The number of nitrogens with zero attached hydrogens (tertiary/aromatic N) is 3. The lowest BCUT2D eigenvalue weighted by atomic mass is 10.1. The fraction of sp³-hybridized carbons (Fsp3) is 0.625.